The third-order valence-electron chi connectivity index (χ3n) is 6.43. The number of ether oxygens (including phenoxy) is 4. The van der Waals surface area contributed by atoms with Crippen molar-refractivity contribution in [2.24, 2.45) is 11.8 Å². The second kappa shape index (κ2) is 6.49. The molecule has 6 rings (SSSR count). The van der Waals surface area contributed by atoms with Gasteiger partial charge in [0.05, 0.1) is 31.6 Å². The molecular weight excluding hydrogens is 400 g/mol. The molecule has 0 aromatic heterocycles. The van der Waals surface area contributed by atoms with Crippen molar-refractivity contribution >= 4 is 23.2 Å². The lowest BCUT2D eigenvalue weighted by atomic mass is 9.77. The van der Waals surface area contributed by atoms with Crippen molar-refractivity contribution in [2.75, 3.05) is 30.7 Å². The van der Waals surface area contributed by atoms with Crippen molar-refractivity contribution in [2.45, 2.75) is 11.7 Å². The van der Waals surface area contributed by atoms with Gasteiger partial charge in [-0.15, -0.1) is 0 Å². The Bertz CT molecular complexity index is 1110. The Balaban J connectivity index is 1.26. The van der Waals surface area contributed by atoms with Gasteiger partial charge in [-0.25, -0.2) is 0 Å². The maximum Gasteiger partial charge on any atom is 0.234 e. The fraction of sp³-hybridized carbons (Fsp3) is 0.304. The highest BCUT2D eigenvalue weighted by molar-refractivity contribution is 6.05. The summed E-state index contributed by atoms with van der Waals surface area (Å²) < 4.78 is 22.1. The Morgan fingerprint density at radius 2 is 1.97 bits per heavy atom. The van der Waals surface area contributed by atoms with Gasteiger partial charge in [-0.1, -0.05) is 12.2 Å². The molecule has 31 heavy (non-hydrogen) atoms. The summed E-state index contributed by atoms with van der Waals surface area (Å²) in [5.74, 6) is 0.412. The fourth-order valence-corrected chi connectivity index (χ4v) is 4.98. The van der Waals surface area contributed by atoms with Crippen LogP contribution in [0.3, 0.4) is 0 Å². The van der Waals surface area contributed by atoms with Crippen LogP contribution in [0.15, 0.2) is 54.6 Å². The SMILES string of the molecule is COc1ccc(N2C[C@]34C=C[C@H](O3)[C@@H](C(=O)Nc3ccc5c(c3)OCO5)[C@H]4C2=O)cc1. The number of hydrogen-bond donors (Lipinski definition) is 1. The quantitative estimate of drug-likeness (QED) is 0.765. The molecule has 2 aromatic carbocycles. The molecule has 0 saturated carbocycles. The first-order chi connectivity index (χ1) is 15.1. The van der Waals surface area contributed by atoms with E-state index in [9.17, 15) is 9.59 Å². The molecule has 8 nitrogen and oxygen atoms in total. The first kappa shape index (κ1) is 18.3. The minimum atomic E-state index is -0.779. The van der Waals surface area contributed by atoms with Crippen molar-refractivity contribution in [3.05, 3.63) is 54.6 Å². The number of benzene rings is 2. The van der Waals surface area contributed by atoms with Crippen molar-refractivity contribution in [1.29, 1.82) is 0 Å². The lowest BCUT2D eigenvalue weighted by Crippen LogP contribution is -2.41. The van der Waals surface area contributed by atoms with E-state index < -0.39 is 23.5 Å². The summed E-state index contributed by atoms with van der Waals surface area (Å²) in [6.45, 7) is 0.542. The highest BCUT2D eigenvalue weighted by atomic mass is 16.7. The molecule has 8 heteroatoms. The molecule has 158 valence electrons. The van der Waals surface area contributed by atoms with Crippen LogP contribution in [0, 0.1) is 11.8 Å². The number of amides is 2. The second-order valence-corrected chi connectivity index (χ2v) is 8.08. The average Bonchev–Trinajstić information content (AvgIpc) is 3.54. The Morgan fingerprint density at radius 3 is 2.77 bits per heavy atom. The van der Waals surface area contributed by atoms with E-state index in [0.717, 1.165) is 5.69 Å². The summed E-state index contributed by atoms with van der Waals surface area (Å²) in [5, 5.41) is 2.92. The van der Waals surface area contributed by atoms with Gasteiger partial charge >= 0.3 is 0 Å². The van der Waals surface area contributed by atoms with Crippen LogP contribution in [-0.4, -0.2) is 44.0 Å². The van der Waals surface area contributed by atoms with Gasteiger partial charge in [-0.3, -0.25) is 9.59 Å². The number of carbonyl (C=O) groups excluding carboxylic acids is 2. The zero-order valence-electron chi connectivity index (χ0n) is 16.7. The molecule has 4 aliphatic rings. The average molecular weight is 420 g/mol. The summed E-state index contributed by atoms with van der Waals surface area (Å²) in [5.41, 5.74) is 0.566. The maximum absolute atomic E-state index is 13.4. The molecule has 1 spiro atoms. The third kappa shape index (κ3) is 2.64. The normalized spacial score (nSPS) is 29.4. The lowest BCUT2D eigenvalue weighted by molar-refractivity contribution is -0.128. The van der Waals surface area contributed by atoms with Crippen LogP contribution >= 0.6 is 0 Å². The van der Waals surface area contributed by atoms with Crippen LogP contribution in [0.25, 0.3) is 0 Å². The first-order valence-corrected chi connectivity index (χ1v) is 10.1. The second-order valence-electron chi connectivity index (χ2n) is 8.08. The molecule has 2 fully saturated rings. The van der Waals surface area contributed by atoms with Crippen molar-refractivity contribution in [3.63, 3.8) is 0 Å². The van der Waals surface area contributed by atoms with Crippen molar-refractivity contribution < 1.29 is 28.5 Å². The molecule has 1 N–H and O–H groups in total. The minimum Gasteiger partial charge on any atom is -0.497 e. The van der Waals surface area contributed by atoms with Gasteiger partial charge < -0.3 is 29.2 Å². The Kier molecular flexibility index (Phi) is 3.82. The van der Waals surface area contributed by atoms with Crippen LogP contribution < -0.4 is 24.4 Å². The Hall–Kier alpha value is -3.52. The summed E-state index contributed by atoms with van der Waals surface area (Å²) in [4.78, 5) is 28.3. The van der Waals surface area contributed by atoms with Gasteiger partial charge in [0.2, 0.25) is 18.6 Å². The van der Waals surface area contributed by atoms with E-state index in [1.54, 1.807) is 30.2 Å². The van der Waals surface area contributed by atoms with Gasteiger partial charge in [0.15, 0.2) is 11.5 Å². The zero-order valence-corrected chi connectivity index (χ0v) is 16.7. The fourth-order valence-electron chi connectivity index (χ4n) is 4.98. The number of hydrogen-bond acceptors (Lipinski definition) is 6. The zero-order chi connectivity index (χ0) is 21.2. The third-order valence-corrected chi connectivity index (χ3v) is 6.43. The van der Waals surface area contributed by atoms with Crippen LogP contribution in [0.1, 0.15) is 0 Å². The van der Waals surface area contributed by atoms with Crippen molar-refractivity contribution in [3.8, 4) is 17.2 Å². The number of methoxy groups -OCH3 is 1. The predicted octanol–water partition coefficient (Wildman–Crippen LogP) is 2.35. The molecule has 2 saturated heterocycles. The number of rotatable bonds is 4. The van der Waals surface area contributed by atoms with Gasteiger partial charge in [0.25, 0.3) is 0 Å². The van der Waals surface area contributed by atoms with E-state index in [0.29, 0.717) is 29.5 Å². The Morgan fingerprint density at radius 1 is 1.16 bits per heavy atom. The number of anilines is 2. The van der Waals surface area contributed by atoms with Gasteiger partial charge in [-0.2, -0.15) is 0 Å². The predicted molar refractivity (Wildman–Crippen MR) is 110 cm³/mol. The van der Waals surface area contributed by atoms with Crippen LogP contribution in [-0.2, 0) is 14.3 Å². The molecule has 2 bridgehead atoms. The molecule has 4 aliphatic heterocycles. The standard InChI is InChI=1S/C23H20N2O6/c1-28-15-5-3-14(4-6-15)25-11-23-9-8-17(31-23)19(20(23)22(25)27)21(26)24-13-2-7-16-18(10-13)30-12-29-16/h2-10,17,19-20H,11-12H2,1H3,(H,24,26)/t17-,19+,20-,23-/m0/s1. The topological polar surface area (TPSA) is 86.3 Å². The van der Waals surface area contributed by atoms with Gasteiger partial charge in [-0.05, 0) is 36.4 Å². The van der Waals surface area contributed by atoms with E-state index in [2.05, 4.69) is 5.32 Å². The van der Waals surface area contributed by atoms with Crippen LogP contribution in [0.2, 0.25) is 0 Å². The smallest absolute Gasteiger partial charge is 0.234 e. The Labute approximate surface area is 178 Å². The number of fused-ring (bicyclic) bond motifs is 2. The minimum absolute atomic E-state index is 0.108. The monoisotopic (exact) mass is 420 g/mol. The number of carbonyl (C=O) groups is 2. The van der Waals surface area contributed by atoms with Crippen LogP contribution in [0.4, 0.5) is 11.4 Å². The van der Waals surface area contributed by atoms with E-state index >= 15 is 0 Å². The van der Waals surface area contributed by atoms with E-state index in [4.69, 9.17) is 18.9 Å². The highest BCUT2D eigenvalue weighted by Gasteiger charge is 2.67. The summed E-state index contributed by atoms with van der Waals surface area (Å²) in [6, 6.07) is 12.5. The van der Waals surface area contributed by atoms with E-state index in [1.807, 2.05) is 36.4 Å². The summed E-state index contributed by atoms with van der Waals surface area (Å²) in [6.07, 6.45) is 3.42. The van der Waals surface area contributed by atoms with Gasteiger partial charge in [0.1, 0.15) is 11.4 Å². The first-order valence-electron chi connectivity index (χ1n) is 10.1. The largest absolute Gasteiger partial charge is 0.497 e. The number of nitrogens with zero attached hydrogens (tertiary/aromatic N) is 1. The molecule has 0 unspecified atom stereocenters. The lowest BCUT2D eigenvalue weighted by Gasteiger charge is -2.23. The molecule has 0 aliphatic carbocycles. The summed E-state index contributed by atoms with van der Waals surface area (Å²) in [7, 11) is 1.60. The van der Waals surface area contributed by atoms with Crippen molar-refractivity contribution in [1.82, 2.24) is 0 Å². The maximum atomic E-state index is 13.4. The van der Waals surface area contributed by atoms with E-state index in [1.165, 1.54) is 0 Å². The van der Waals surface area contributed by atoms with Gasteiger partial charge in [0, 0.05) is 17.4 Å². The molecule has 4 heterocycles. The molecule has 2 aromatic rings. The molecular formula is C23H20N2O6. The summed E-state index contributed by atoms with van der Waals surface area (Å²) >= 11 is 0. The van der Waals surface area contributed by atoms with Crippen LogP contribution in [0.5, 0.6) is 17.2 Å². The molecule has 2 amide bonds. The highest BCUT2D eigenvalue weighted by Crippen LogP contribution is 2.53. The molecule has 0 radical (unpaired) electrons. The number of nitrogens with one attached hydrogen (secondary N) is 1. The molecule has 4 atom stereocenters. The van der Waals surface area contributed by atoms with E-state index in [-0.39, 0.29) is 18.6 Å².